The zero-order chi connectivity index (χ0) is 24.3. The Morgan fingerprint density at radius 2 is 2.00 bits per heavy atom. The monoisotopic (exact) mass is 462 g/mol. The number of methoxy groups -OCH3 is 1. The van der Waals surface area contributed by atoms with Gasteiger partial charge >= 0.3 is 0 Å². The predicted octanol–water partition coefficient (Wildman–Crippen LogP) is 0.705. The van der Waals surface area contributed by atoms with Crippen molar-refractivity contribution < 1.29 is 34.4 Å². The van der Waals surface area contributed by atoms with E-state index in [0.29, 0.717) is 40.7 Å². The highest BCUT2D eigenvalue weighted by atomic mass is 16.5. The molecule has 1 aliphatic heterocycles. The summed E-state index contributed by atoms with van der Waals surface area (Å²) in [6, 6.07) is 2.64. The summed E-state index contributed by atoms with van der Waals surface area (Å²) in [6.45, 7) is 5.60. The zero-order valence-corrected chi connectivity index (χ0v) is 19.6. The molecule has 4 atom stereocenters. The Morgan fingerprint density at radius 1 is 1.27 bits per heavy atom. The topological polar surface area (TPSA) is 129 Å². The molecule has 33 heavy (non-hydrogen) atoms. The number of aliphatic hydroxyl groups is 3. The Bertz CT molecular complexity index is 914. The quantitative estimate of drug-likeness (QED) is 0.425. The average Bonchev–Trinajstić information content (AvgIpc) is 3.17. The molecular formula is C24H34N2O7. The molecule has 3 rings (SSSR count). The number of amides is 2. The van der Waals surface area contributed by atoms with Gasteiger partial charge in [0.2, 0.25) is 11.8 Å². The highest BCUT2D eigenvalue weighted by Gasteiger charge is 2.51. The molecule has 182 valence electrons. The molecule has 0 spiro atoms. The van der Waals surface area contributed by atoms with Crippen molar-refractivity contribution >= 4 is 11.8 Å². The van der Waals surface area contributed by atoms with E-state index in [0.717, 1.165) is 6.42 Å². The third-order valence-corrected chi connectivity index (χ3v) is 6.21. The molecule has 0 aromatic heterocycles. The minimum atomic E-state index is -1.09. The summed E-state index contributed by atoms with van der Waals surface area (Å²) in [6.07, 6.45) is 0.464. The van der Waals surface area contributed by atoms with Crippen LogP contribution in [0.1, 0.15) is 44.2 Å². The van der Waals surface area contributed by atoms with Crippen molar-refractivity contribution in [1.82, 2.24) is 10.2 Å². The number of nitrogens with zero attached hydrogens (tertiary/aromatic N) is 1. The minimum Gasteiger partial charge on any atom is -0.493 e. The summed E-state index contributed by atoms with van der Waals surface area (Å²) in [5.74, 6) is -0.0859. The third-order valence-electron chi connectivity index (χ3n) is 6.21. The maximum Gasteiger partial charge on any atom is 0.247 e. The van der Waals surface area contributed by atoms with E-state index in [2.05, 4.69) is 19.2 Å². The molecule has 1 heterocycles. The van der Waals surface area contributed by atoms with E-state index in [9.17, 15) is 24.9 Å². The maximum absolute atomic E-state index is 13.1. The van der Waals surface area contributed by atoms with Gasteiger partial charge in [-0.05, 0) is 36.1 Å². The van der Waals surface area contributed by atoms with Gasteiger partial charge in [-0.2, -0.15) is 0 Å². The van der Waals surface area contributed by atoms with Crippen LogP contribution in [0.5, 0.6) is 11.5 Å². The molecule has 1 aromatic carbocycles. The number of nitrogens with one attached hydrogen (secondary N) is 1. The number of fused-ring (bicyclic) bond motifs is 3. The summed E-state index contributed by atoms with van der Waals surface area (Å²) < 4.78 is 11.6. The van der Waals surface area contributed by atoms with Gasteiger partial charge in [0.25, 0.3) is 0 Å². The van der Waals surface area contributed by atoms with Gasteiger partial charge in [-0.1, -0.05) is 13.8 Å². The molecule has 4 unspecified atom stereocenters. The Balaban J connectivity index is 2.10. The van der Waals surface area contributed by atoms with Crippen molar-refractivity contribution in [2.24, 2.45) is 5.92 Å². The lowest BCUT2D eigenvalue weighted by Crippen LogP contribution is -2.55. The molecule has 1 aromatic rings. The molecule has 0 saturated heterocycles. The summed E-state index contributed by atoms with van der Waals surface area (Å²) in [7, 11) is 1.48. The highest BCUT2D eigenvalue weighted by Crippen LogP contribution is 2.51. The van der Waals surface area contributed by atoms with E-state index in [1.165, 1.54) is 14.0 Å². The number of ether oxygens (including phenoxy) is 2. The van der Waals surface area contributed by atoms with Gasteiger partial charge in [0.05, 0.1) is 32.3 Å². The Kier molecular flexibility index (Phi) is 7.99. The van der Waals surface area contributed by atoms with Crippen LogP contribution in [-0.2, 0) is 16.2 Å². The SMILES string of the molecule is COc1cc(CO)cc2c1OC1C2C(C(=O)NCCO)=CC(N(CCC(C)C)C(C)=O)C1O. The van der Waals surface area contributed by atoms with E-state index in [4.69, 9.17) is 9.47 Å². The van der Waals surface area contributed by atoms with Crippen LogP contribution in [0.3, 0.4) is 0 Å². The van der Waals surface area contributed by atoms with Crippen molar-refractivity contribution in [3.63, 3.8) is 0 Å². The van der Waals surface area contributed by atoms with Gasteiger partial charge < -0.3 is 35.0 Å². The highest BCUT2D eigenvalue weighted by molar-refractivity contribution is 5.96. The van der Waals surface area contributed by atoms with Crippen LogP contribution in [0.4, 0.5) is 0 Å². The summed E-state index contributed by atoms with van der Waals surface area (Å²) in [5, 5.41) is 32.9. The summed E-state index contributed by atoms with van der Waals surface area (Å²) >= 11 is 0. The van der Waals surface area contributed by atoms with Crippen LogP contribution < -0.4 is 14.8 Å². The first-order valence-electron chi connectivity index (χ1n) is 11.3. The molecule has 9 heteroatoms. The molecular weight excluding hydrogens is 428 g/mol. The fraction of sp³-hybridized carbons (Fsp3) is 0.583. The molecule has 2 amide bonds. The molecule has 0 saturated carbocycles. The van der Waals surface area contributed by atoms with Crippen molar-refractivity contribution in [2.45, 2.75) is 58.0 Å². The van der Waals surface area contributed by atoms with Crippen LogP contribution >= 0.6 is 0 Å². The van der Waals surface area contributed by atoms with Gasteiger partial charge in [-0.3, -0.25) is 9.59 Å². The van der Waals surface area contributed by atoms with Crippen LogP contribution in [0.25, 0.3) is 0 Å². The van der Waals surface area contributed by atoms with Gasteiger partial charge in [-0.25, -0.2) is 0 Å². The first-order valence-corrected chi connectivity index (χ1v) is 11.3. The van der Waals surface area contributed by atoms with Crippen molar-refractivity contribution in [3.05, 3.63) is 34.9 Å². The second-order valence-corrected chi connectivity index (χ2v) is 8.91. The summed E-state index contributed by atoms with van der Waals surface area (Å²) in [5.41, 5.74) is 1.56. The molecule has 2 aliphatic rings. The van der Waals surface area contributed by atoms with Crippen molar-refractivity contribution in [3.8, 4) is 11.5 Å². The van der Waals surface area contributed by atoms with Crippen LogP contribution in [0.2, 0.25) is 0 Å². The molecule has 0 radical (unpaired) electrons. The van der Waals surface area contributed by atoms with E-state index in [1.54, 1.807) is 23.1 Å². The number of aliphatic hydroxyl groups excluding tert-OH is 3. The number of rotatable bonds is 9. The molecule has 1 aliphatic carbocycles. The number of carbonyl (C=O) groups is 2. The van der Waals surface area contributed by atoms with Crippen LogP contribution in [0.15, 0.2) is 23.8 Å². The molecule has 9 nitrogen and oxygen atoms in total. The normalized spacial score (nSPS) is 23.3. The standard InChI is InChI=1S/C24H34N2O7/c1-13(2)5-7-26(14(3)29)18-11-17(24(31)25-6-8-27)20-16-9-15(12-28)10-19(32-4)22(16)33-23(20)21(18)30/h9-11,13,18,20-21,23,27-28,30H,5-8,12H2,1-4H3,(H,25,31). The molecule has 0 fully saturated rings. The Morgan fingerprint density at radius 3 is 2.58 bits per heavy atom. The van der Waals surface area contributed by atoms with E-state index in [1.807, 2.05) is 0 Å². The van der Waals surface area contributed by atoms with E-state index >= 15 is 0 Å². The average molecular weight is 463 g/mol. The third kappa shape index (κ3) is 5.00. The second-order valence-electron chi connectivity index (χ2n) is 8.91. The predicted molar refractivity (Wildman–Crippen MR) is 121 cm³/mol. The minimum absolute atomic E-state index is 0.0677. The number of hydrogen-bond donors (Lipinski definition) is 4. The second kappa shape index (κ2) is 10.5. The lowest BCUT2D eigenvalue weighted by molar-refractivity contribution is -0.135. The largest absolute Gasteiger partial charge is 0.493 e. The fourth-order valence-electron chi connectivity index (χ4n) is 4.53. The summed E-state index contributed by atoms with van der Waals surface area (Å²) in [4.78, 5) is 27.2. The lowest BCUT2D eigenvalue weighted by atomic mass is 9.77. The van der Waals surface area contributed by atoms with Gasteiger partial charge in [0.15, 0.2) is 11.5 Å². The van der Waals surface area contributed by atoms with Crippen LogP contribution in [-0.4, -0.2) is 77.1 Å². The number of benzene rings is 1. The smallest absolute Gasteiger partial charge is 0.247 e. The lowest BCUT2D eigenvalue weighted by Gasteiger charge is -2.40. The zero-order valence-electron chi connectivity index (χ0n) is 19.6. The van der Waals surface area contributed by atoms with E-state index < -0.39 is 30.1 Å². The number of carbonyl (C=O) groups excluding carboxylic acids is 2. The van der Waals surface area contributed by atoms with Crippen molar-refractivity contribution in [2.75, 3.05) is 26.8 Å². The first kappa shape index (κ1) is 25.0. The Hall–Kier alpha value is -2.62. The first-order chi connectivity index (χ1) is 15.7. The number of hydrogen-bond acceptors (Lipinski definition) is 7. The Labute approximate surface area is 194 Å². The molecule has 0 bridgehead atoms. The van der Waals surface area contributed by atoms with Gasteiger partial charge in [0, 0.05) is 31.1 Å². The van der Waals surface area contributed by atoms with Gasteiger partial charge in [0.1, 0.15) is 12.2 Å². The molecule has 4 N–H and O–H groups in total. The maximum atomic E-state index is 13.1. The fourth-order valence-corrected chi connectivity index (χ4v) is 4.53. The van der Waals surface area contributed by atoms with Gasteiger partial charge in [-0.15, -0.1) is 0 Å². The van der Waals surface area contributed by atoms with E-state index in [-0.39, 0.29) is 25.7 Å². The van der Waals surface area contributed by atoms with Crippen molar-refractivity contribution in [1.29, 1.82) is 0 Å². The van der Waals surface area contributed by atoms with Crippen LogP contribution in [0, 0.1) is 5.92 Å².